The molecule has 0 bridgehead atoms. The van der Waals surface area contributed by atoms with Crippen LogP contribution in [0.4, 0.5) is 5.69 Å². The second-order valence-electron chi connectivity index (χ2n) is 3.62. The fourth-order valence-electron chi connectivity index (χ4n) is 1.11. The van der Waals surface area contributed by atoms with Gasteiger partial charge >= 0.3 is 0 Å². The van der Waals surface area contributed by atoms with Crippen LogP contribution in [0.15, 0.2) is 18.2 Å². The molecule has 0 saturated heterocycles. The SMILES string of the molecule is CC(C)C(C#N)Nc1ccc(Cl)c(Cl)c1. The molecule has 80 valence electrons. The van der Waals surface area contributed by atoms with Gasteiger partial charge in [-0.3, -0.25) is 0 Å². The molecule has 1 aromatic rings. The van der Waals surface area contributed by atoms with Crippen LogP contribution in [0.1, 0.15) is 13.8 Å². The zero-order valence-corrected chi connectivity index (χ0v) is 10.1. The van der Waals surface area contributed by atoms with E-state index in [9.17, 15) is 0 Å². The van der Waals surface area contributed by atoms with Crippen molar-refractivity contribution in [2.45, 2.75) is 19.9 Å². The maximum absolute atomic E-state index is 8.91. The lowest BCUT2D eigenvalue weighted by Crippen LogP contribution is -2.23. The van der Waals surface area contributed by atoms with Gasteiger partial charge in [0.05, 0.1) is 16.1 Å². The summed E-state index contributed by atoms with van der Waals surface area (Å²) in [5.74, 6) is 0.240. The van der Waals surface area contributed by atoms with Gasteiger partial charge in [0.15, 0.2) is 0 Å². The van der Waals surface area contributed by atoms with Gasteiger partial charge in [-0.1, -0.05) is 37.0 Å². The number of nitrogens with one attached hydrogen (secondary N) is 1. The fraction of sp³-hybridized carbons (Fsp3) is 0.364. The molecule has 0 radical (unpaired) electrons. The zero-order valence-electron chi connectivity index (χ0n) is 8.59. The molecule has 0 aliphatic heterocycles. The van der Waals surface area contributed by atoms with Gasteiger partial charge in [0.1, 0.15) is 6.04 Å². The maximum atomic E-state index is 8.91. The van der Waals surface area contributed by atoms with Gasteiger partial charge in [0, 0.05) is 5.69 Å². The van der Waals surface area contributed by atoms with Crippen molar-refractivity contribution in [1.82, 2.24) is 0 Å². The lowest BCUT2D eigenvalue weighted by Gasteiger charge is -2.16. The van der Waals surface area contributed by atoms with Gasteiger partial charge in [0.2, 0.25) is 0 Å². The Morgan fingerprint density at radius 2 is 1.93 bits per heavy atom. The minimum atomic E-state index is -0.220. The van der Waals surface area contributed by atoms with E-state index in [1.165, 1.54) is 0 Å². The number of nitrogens with zero attached hydrogens (tertiary/aromatic N) is 1. The summed E-state index contributed by atoms with van der Waals surface area (Å²) in [4.78, 5) is 0. The van der Waals surface area contributed by atoms with Crippen LogP contribution in [0.2, 0.25) is 10.0 Å². The summed E-state index contributed by atoms with van der Waals surface area (Å²) in [6.45, 7) is 3.97. The Morgan fingerprint density at radius 1 is 1.27 bits per heavy atom. The lowest BCUT2D eigenvalue weighted by molar-refractivity contribution is 0.609. The van der Waals surface area contributed by atoms with Crippen LogP contribution in [0.25, 0.3) is 0 Å². The minimum Gasteiger partial charge on any atom is -0.370 e. The van der Waals surface area contributed by atoms with Crippen LogP contribution < -0.4 is 5.32 Å². The van der Waals surface area contributed by atoms with E-state index in [1.54, 1.807) is 18.2 Å². The molecule has 0 heterocycles. The normalized spacial score (nSPS) is 12.3. The molecule has 0 aromatic heterocycles. The molecule has 0 saturated carbocycles. The Morgan fingerprint density at radius 3 is 2.40 bits per heavy atom. The minimum absolute atomic E-state index is 0.220. The maximum Gasteiger partial charge on any atom is 0.116 e. The lowest BCUT2D eigenvalue weighted by atomic mass is 10.1. The van der Waals surface area contributed by atoms with E-state index in [2.05, 4.69) is 11.4 Å². The topological polar surface area (TPSA) is 35.8 Å². The number of hydrogen-bond donors (Lipinski definition) is 1. The molecule has 1 atom stereocenters. The Bertz CT molecular complexity index is 383. The largest absolute Gasteiger partial charge is 0.370 e. The first-order valence-corrected chi connectivity index (χ1v) is 5.41. The van der Waals surface area contributed by atoms with Gasteiger partial charge in [0.25, 0.3) is 0 Å². The van der Waals surface area contributed by atoms with Crippen molar-refractivity contribution in [3.8, 4) is 6.07 Å². The standard InChI is InChI=1S/C11H12Cl2N2/c1-7(2)11(6-14)15-8-3-4-9(12)10(13)5-8/h3-5,7,11,15H,1-2H3. The van der Waals surface area contributed by atoms with Crippen molar-refractivity contribution in [1.29, 1.82) is 5.26 Å². The molecule has 2 nitrogen and oxygen atoms in total. The average Bonchev–Trinajstić information content (AvgIpc) is 2.19. The van der Waals surface area contributed by atoms with Crippen molar-refractivity contribution >= 4 is 28.9 Å². The summed E-state index contributed by atoms with van der Waals surface area (Å²) in [5.41, 5.74) is 0.810. The van der Waals surface area contributed by atoms with Crippen LogP contribution in [0.3, 0.4) is 0 Å². The van der Waals surface area contributed by atoms with Gasteiger partial charge in [-0.25, -0.2) is 0 Å². The van der Waals surface area contributed by atoms with Crippen molar-refractivity contribution in [2.75, 3.05) is 5.32 Å². The predicted octanol–water partition coefficient (Wildman–Crippen LogP) is 3.95. The summed E-state index contributed by atoms with van der Waals surface area (Å²) in [5, 5.41) is 13.0. The van der Waals surface area contributed by atoms with E-state index in [4.69, 9.17) is 28.5 Å². The highest BCUT2D eigenvalue weighted by atomic mass is 35.5. The van der Waals surface area contributed by atoms with Gasteiger partial charge in [-0.15, -0.1) is 0 Å². The molecule has 0 amide bonds. The molecule has 0 aliphatic rings. The number of rotatable bonds is 3. The van der Waals surface area contributed by atoms with Crippen molar-refractivity contribution in [3.05, 3.63) is 28.2 Å². The number of nitriles is 1. The highest BCUT2D eigenvalue weighted by molar-refractivity contribution is 6.42. The summed E-state index contributed by atoms with van der Waals surface area (Å²) in [6.07, 6.45) is 0. The first kappa shape index (κ1) is 12.2. The second kappa shape index (κ2) is 5.25. The highest BCUT2D eigenvalue weighted by Crippen LogP contribution is 2.25. The molecule has 15 heavy (non-hydrogen) atoms. The quantitative estimate of drug-likeness (QED) is 0.872. The first-order valence-electron chi connectivity index (χ1n) is 4.65. The third kappa shape index (κ3) is 3.30. The first-order chi connectivity index (χ1) is 7.04. The van der Waals surface area contributed by atoms with E-state index in [1.807, 2.05) is 13.8 Å². The van der Waals surface area contributed by atoms with Crippen molar-refractivity contribution in [3.63, 3.8) is 0 Å². The van der Waals surface area contributed by atoms with Crippen molar-refractivity contribution < 1.29 is 0 Å². The number of benzene rings is 1. The molecular weight excluding hydrogens is 231 g/mol. The van der Waals surface area contributed by atoms with Crippen LogP contribution in [-0.2, 0) is 0 Å². The third-order valence-corrected chi connectivity index (χ3v) is 2.79. The van der Waals surface area contributed by atoms with Gasteiger partial charge in [-0.2, -0.15) is 5.26 Å². The molecule has 4 heteroatoms. The summed E-state index contributed by atoms with van der Waals surface area (Å²) in [6, 6.07) is 7.21. The van der Waals surface area contributed by atoms with Gasteiger partial charge in [-0.05, 0) is 24.1 Å². The Labute approximate surface area is 99.8 Å². The van der Waals surface area contributed by atoms with E-state index in [0.717, 1.165) is 5.69 Å². The Kier molecular flexibility index (Phi) is 4.26. The monoisotopic (exact) mass is 242 g/mol. The van der Waals surface area contributed by atoms with E-state index < -0.39 is 0 Å². The van der Waals surface area contributed by atoms with Gasteiger partial charge < -0.3 is 5.32 Å². The van der Waals surface area contributed by atoms with Crippen LogP contribution >= 0.6 is 23.2 Å². The van der Waals surface area contributed by atoms with Crippen molar-refractivity contribution in [2.24, 2.45) is 5.92 Å². The Balaban J connectivity index is 2.81. The summed E-state index contributed by atoms with van der Waals surface area (Å²) < 4.78 is 0. The molecular formula is C11H12Cl2N2. The molecule has 0 aliphatic carbocycles. The number of halogens is 2. The molecule has 0 spiro atoms. The second-order valence-corrected chi connectivity index (χ2v) is 4.44. The number of anilines is 1. The molecule has 1 N–H and O–H groups in total. The van der Waals surface area contributed by atoms with E-state index in [-0.39, 0.29) is 12.0 Å². The van der Waals surface area contributed by atoms with Crippen LogP contribution in [-0.4, -0.2) is 6.04 Å². The molecule has 1 aromatic carbocycles. The van der Waals surface area contributed by atoms with Crippen LogP contribution in [0, 0.1) is 17.2 Å². The highest BCUT2D eigenvalue weighted by Gasteiger charge is 2.11. The zero-order chi connectivity index (χ0) is 11.4. The molecule has 0 fully saturated rings. The fourth-order valence-corrected chi connectivity index (χ4v) is 1.41. The van der Waals surface area contributed by atoms with Crippen LogP contribution in [0.5, 0.6) is 0 Å². The molecule has 1 rings (SSSR count). The predicted molar refractivity (Wildman–Crippen MR) is 64.3 cm³/mol. The smallest absolute Gasteiger partial charge is 0.116 e. The average molecular weight is 243 g/mol. The third-order valence-electron chi connectivity index (χ3n) is 2.05. The molecule has 1 unspecified atom stereocenters. The van der Waals surface area contributed by atoms with E-state index >= 15 is 0 Å². The summed E-state index contributed by atoms with van der Waals surface area (Å²) in [7, 11) is 0. The Hall–Kier alpha value is -0.910. The van der Waals surface area contributed by atoms with E-state index in [0.29, 0.717) is 10.0 Å². The summed E-state index contributed by atoms with van der Waals surface area (Å²) >= 11 is 11.7. The number of hydrogen-bond acceptors (Lipinski definition) is 2.